The zero-order chi connectivity index (χ0) is 6.78. The van der Waals surface area contributed by atoms with E-state index < -0.39 is 13.8 Å². The number of phosphoric acid groups is 1. The van der Waals surface area contributed by atoms with Gasteiger partial charge in [0, 0.05) is 6.92 Å². The molecule has 0 amide bonds. The molecule has 0 heterocycles. The van der Waals surface area contributed by atoms with E-state index in [1.54, 1.807) is 0 Å². The van der Waals surface area contributed by atoms with Crippen LogP contribution in [-0.2, 0) is 13.9 Å². The van der Waals surface area contributed by atoms with Crippen LogP contribution >= 0.6 is 7.82 Å². The number of hydrogen-bond acceptors (Lipinski definition) is 3. The van der Waals surface area contributed by atoms with E-state index in [9.17, 15) is 9.36 Å². The van der Waals surface area contributed by atoms with E-state index in [4.69, 9.17) is 9.79 Å². The molecule has 0 aliphatic carbocycles. The van der Waals surface area contributed by atoms with Crippen LogP contribution in [0.15, 0.2) is 0 Å². The van der Waals surface area contributed by atoms with Crippen molar-refractivity contribution >= 4 is 13.8 Å². The molecule has 0 atom stereocenters. The van der Waals surface area contributed by atoms with Gasteiger partial charge in [0.15, 0.2) is 0 Å². The molecule has 0 aromatic carbocycles. The predicted octanol–water partition coefficient (Wildman–Crippen LogP) is -6.12. The fourth-order valence-corrected chi connectivity index (χ4v) is 0.502. The maximum atomic E-state index is 9.74. The molecule has 8 heteroatoms. The maximum Gasteiger partial charge on any atom is 1.00 e. The topological polar surface area (TPSA) is 83.8 Å². The molecule has 52 valence electrons. The van der Waals surface area contributed by atoms with Gasteiger partial charge in [0.1, 0.15) is 0 Å². The fourth-order valence-electron chi connectivity index (χ4n) is 0.167. The molecule has 0 saturated carbocycles. The summed E-state index contributed by atoms with van der Waals surface area (Å²) in [4.78, 5) is 25.5. The van der Waals surface area contributed by atoms with Crippen molar-refractivity contribution in [2.75, 3.05) is 0 Å². The Morgan fingerprint density at radius 3 is 1.80 bits per heavy atom. The molecule has 0 radical (unpaired) electrons. The van der Waals surface area contributed by atoms with Crippen LogP contribution in [0.3, 0.4) is 0 Å². The van der Waals surface area contributed by atoms with Crippen molar-refractivity contribution in [3.63, 3.8) is 0 Å². The van der Waals surface area contributed by atoms with Crippen LogP contribution in [0.2, 0.25) is 0 Å². The first-order valence-electron chi connectivity index (χ1n) is 1.67. The largest absolute Gasteiger partial charge is 1.00 e. The Morgan fingerprint density at radius 1 is 1.50 bits per heavy atom. The van der Waals surface area contributed by atoms with Crippen molar-refractivity contribution < 1.29 is 85.6 Å². The van der Waals surface area contributed by atoms with Crippen molar-refractivity contribution in [2.24, 2.45) is 0 Å². The van der Waals surface area contributed by atoms with Gasteiger partial charge >= 0.3 is 72.9 Å². The van der Waals surface area contributed by atoms with E-state index >= 15 is 0 Å². The van der Waals surface area contributed by atoms with Crippen LogP contribution in [0, 0.1) is 0 Å². The smallest absolute Gasteiger partial charge is 1.00 e. The van der Waals surface area contributed by atoms with Crippen molar-refractivity contribution in [1.29, 1.82) is 0 Å². The zero-order valence-corrected chi connectivity index (χ0v) is 11.0. The van der Waals surface area contributed by atoms with E-state index in [0.717, 1.165) is 6.92 Å². The Balaban J connectivity index is -0.0000000408. The summed E-state index contributed by atoms with van der Waals surface area (Å²) in [5.41, 5.74) is 0. The minimum atomic E-state index is -4.57. The van der Waals surface area contributed by atoms with E-state index in [1.165, 1.54) is 0 Å². The van der Waals surface area contributed by atoms with Gasteiger partial charge in [0.05, 0.1) is 0 Å². The molecule has 0 rings (SSSR count). The van der Waals surface area contributed by atoms with Gasteiger partial charge in [0.2, 0.25) is 0 Å². The van der Waals surface area contributed by atoms with Crippen molar-refractivity contribution in [3.05, 3.63) is 0 Å². The molecule has 10 heavy (non-hydrogen) atoms. The van der Waals surface area contributed by atoms with Crippen LogP contribution in [0.1, 0.15) is 9.78 Å². The maximum absolute atomic E-state index is 9.74. The van der Waals surface area contributed by atoms with Crippen LogP contribution in [0.25, 0.3) is 0 Å². The van der Waals surface area contributed by atoms with Gasteiger partial charge in [0.25, 0.3) is 0 Å². The zero-order valence-electron chi connectivity index (χ0n) is 8.07. The molecular weight excluding hydrogens is 181 g/mol. The molecule has 0 aliphatic heterocycles. The first-order valence-corrected chi connectivity index (χ1v) is 3.20. The summed E-state index contributed by atoms with van der Waals surface area (Å²) in [6, 6.07) is 0. The third-order valence-electron chi connectivity index (χ3n) is 0.247. The molecule has 0 spiro atoms. The monoisotopic (exact) mass is 188 g/mol. The van der Waals surface area contributed by atoms with Gasteiger partial charge in [-0.15, -0.1) is 0 Å². The Hall–Kier alpha value is 1.62. The fraction of sp³-hybridized carbons (Fsp3) is 0.500. The summed E-state index contributed by atoms with van der Waals surface area (Å²) in [6.07, 6.45) is 0. The predicted molar refractivity (Wildman–Crippen MR) is 26.0 cm³/mol. The van der Waals surface area contributed by atoms with Gasteiger partial charge in [-0.3, -0.25) is 14.6 Å². The van der Waals surface area contributed by atoms with Gasteiger partial charge in [-0.05, 0) is 0 Å². The Kier molecular flexibility index (Phi) is 12.8. The number of hydrogen-bond donors (Lipinski definition) is 2. The number of carbonyl (C=O) groups is 1. The van der Waals surface area contributed by atoms with Gasteiger partial charge in [-0.1, -0.05) is 0 Å². The van der Waals surface area contributed by atoms with Gasteiger partial charge in [-0.2, -0.15) is 0 Å². The summed E-state index contributed by atoms with van der Waals surface area (Å²) in [6.45, 7) is 0.916. The summed E-state index contributed by atoms with van der Waals surface area (Å²) in [7, 11) is -4.57. The Morgan fingerprint density at radius 2 is 1.80 bits per heavy atom. The summed E-state index contributed by atoms with van der Waals surface area (Å²) in [5.74, 6) is -0.988. The second kappa shape index (κ2) is 7.28. The van der Waals surface area contributed by atoms with E-state index in [1.807, 2.05) is 0 Å². The normalized spacial score (nSPS) is 8.70. The molecule has 0 aromatic rings. The van der Waals surface area contributed by atoms with Crippen LogP contribution in [0.4, 0.5) is 0 Å². The molecule has 0 fully saturated rings. The molecule has 0 saturated heterocycles. The summed E-state index contributed by atoms with van der Waals surface area (Å²) < 4.78 is 13.2. The summed E-state index contributed by atoms with van der Waals surface area (Å²) in [5, 5.41) is 0. The van der Waals surface area contributed by atoms with Crippen molar-refractivity contribution in [2.45, 2.75) is 6.92 Å². The van der Waals surface area contributed by atoms with E-state index in [-0.39, 0.29) is 62.0 Å². The standard InChI is InChI=1S/C2H5O5P.2Na.2H/c1-2(3)7-8(4,5)6;;;;/h1H3,(H2,4,5,6);;;;/q;2*+1;2*-1. The number of carbonyl (C=O) groups excluding carboxylic acids is 1. The van der Waals surface area contributed by atoms with E-state index in [0.29, 0.717) is 0 Å². The molecule has 0 aliphatic rings. The van der Waals surface area contributed by atoms with Crippen molar-refractivity contribution in [3.8, 4) is 0 Å². The minimum absolute atomic E-state index is 0. The SMILES string of the molecule is CC(=O)OP(=O)(O)O.[H-].[H-].[Na+].[Na+]. The second-order valence-corrected chi connectivity index (χ2v) is 2.24. The average Bonchev–Trinajstić information content (AvgIpc) is 1.21. The Bertz CT molecular complexity index is 148. The van der Waals surface area contributed by atoms with Gasteiger partial charge in [-0.25, -0.2) is 4.57 Å². The third-order valence-corrected chi connectivity index (χ3v) is 0.742. The van der Waals surface area contributed by atoms with Crippen LogP contribution in [0.5, 0.6) is 0 Å². The van der Waals surface area contributed by atoms with Crippen LogP contribution < -0.4 is 59.1 Å². The van der Waals surface area contributed by atoms with Crippen molar-refractivity contribution in [1.82, 2.24) is 0 Å². The molecule has 0 unspecified atom stereocenters. The van der Waals surface area contributed by atoms with Gasteiger partial charge < -0.3 is 7.38 Å². The average molecular weight is 188 g/mol. The molecule has 2 N–H and O–H groups in total. The molecule has 0 bridgehead atoms. The first kappa shape index (κ1) is 17.6. The molecule has 0 aromatic heterocycles. The third kappa shape index (κ3) is 16.3. The quantitative estimate of drug-likeness (QED) is 0.316. The minimum Gasteiger partial charge on any atom is -1.00 e. The number of rotatable bonds is 1. The summed E-state index contributed by atoms with van der Waals surface area (Å²) >= 11 is 0. The number of phosphoric ester groups is 1. The molecular formula is C2H7Na2O5P. The van der Waals surface area contributed by atoms with E-state index in [2.05, 4.69) is 4.52 Å². The Labute approximate surface area is 105 Å². The first-order chi connectivity index (χ1) is 3.42. The van der Waals surface area contributed by atoms with Crippen LogP contribution in [-0.4, -0.2) is 15.8 Å². The second-order valence-electron chi connectivity index (χ2n) is 1.07. The molecule has 5 nitrogen and oxygen atoms in total.